The quantitative estimate of drug-likeness (QED) is 0.694. The molecular formula is C16H18N2O3. The number of esters is 1. The molecule has 1 aliphatic heterocycles. The molecule has 1 aromatic carbocycles. The number of ether oxygens (including phenoxy) is 1. The number of piperidine rings is 1. The molecule has 2 bridgehead atoms. The Morgan fingerprint density at radius 2 is 2.19 bits per heavy atom. The monoisotopic (exact) mass is 286 g/mol. The van der Waals surface area contributed by atoms with Crippen molar-refractivity contribution in [3.63, 3.8) is 0 Å². The van der Waals surface area contributed by atoms with E-state index in [4.69, 9.17) is 4.74 Å². The molecule has 5 nitrogen and oxygen atoms in total. The van der Waals surface area contributed by atoms with Crippen molar-refractivity contribution in [3.05, 3.63) is 35.5 Å². The molecule has 1 aromatic heterocycles. The number of methoxy groups -OCH3 is 1. The third-order valence-electron chi connectivity index (χ3n) is 4.90. The number of rotatable bonds is 1. The summed E-state index contributed by atoms with van der Waals surface area (Å²) in [5, 5.41) is 15.1. The van der Waals surface area contributed by atoms with Gasteiger partial charge in [0.2, 0.25) is 0 Å². The summed E-state index contributed by atoms with van der Waals surface area (Å²) in [6.07, 6.45) is 0.209. The molecule has 5 heteroatoms. The van der Waals surface area contributed by atoms with Crippen LogP contribution in [0.2, 0.25) is 0 Å². The van der Waals surface area contributed by atoms with Crippen LogP contribution in [0, 0.1) is 5.92 Å². The van der Waals surface area contributed by atoms with Gasteiger partial charge in [-0.25, -0.2) is 0 Å². The van der Waals surface area contributed by atoms with Crippen molar-refractivity contribution in [1.29, 1.82) is 0 Å². The highest BCUT2D eigenvalue weighted by Gasteiger charge is 2.49. The van der Waals surface area contributed by atoms with Gasteiger partial charge in [-0.2, -0.15) is 0 Å². The first-order chi connectivity index (χ1) is 10.2. The second-order valence-corrected chi connectivity index (χ2v) is 5.87. The number of aliphatic hydroxyl groups excluding tert-OH is 1. The summed E-state index contributed by atoms with van der Waals surface area (Å²) in [7, 11) is 1.41. The van der Waals surface area contributed by atoms with Gasteiger partial charge in [-0.05, 0) is 19.0 Å². The van der Waals surface area contributed by atoms with E-state index in [0.717, 1.165) is 35.1 Å². The number of aromatic nitrogens is 1. The van der Waals surface area contributed by atoms with Crippen LogP contribution >= 0.6 is 0 Å². The van der Waals surface area contributed by atoms with Crippen LogP contribution in [0.3, 0.4) is 0 Å². The highest BCUT2D eigenvalue weighted by Crippen LogP contribution is 2.48. The van der Waals surface area contributed by atoms with E-state index in [9.17, 15) is 9.90 Å². The summed E-state index contributed by atoms with van der Waals surface area (Å²) < 4.78 is 4.99. The number of carbonyl (C=O) groups excluding carboxylic acids is 1. The number of nitrogens with one attached hydrogen (secondary N) is 2. The van der Waals surface area contributed by atoms with Gasteiger partial charge < -0.3 is 20.1 Å². The minimum atomic E-state index is -0.561. The van der Waals surface area contributed by atoms with Crippen molar-refractivity contribution in [2.45, 2.75) is 24.5 Å². The molecular weight excluding hydrogens is 268 g/mol. The molecule has 0 amide bonds. The summed E-state index contributed by atoms with van der Waals surface area (Å²) in [6, 6.07) is 7.86. The van der Waals surface area contributed by atoms with Gasteiger partial charge >= 0.3 is 5.97 Å². The van der Waals surface area contributed by atoms with E-state index < -0.39 is 12.0 Å². The van der Waals surface area contributed by atoms with Gasteiger partial charge in [0.25, 0.3) is 0 Å². The Labute approximate surface area is 122 Å². The molecule has 1 aliphatic carbocycles. The lowest BCUT2D eigenvalue weighted by atomic mass is 9.70. The first kappa shape index (κ1) is 12.9. The molecule has 1 unspecified atom stereocenters. The Bertz CT molecular complexity index is 709. The molecule has 2 aromatic rings. The van der Waals surface area contributed by atoms with Crippen LogP contribution in [-0.2, 0) is 9.53 Å². The molecule has 4 rings (SSSR count). The summed E-state index contributed by atoms with van der Waals surface area (Å²) in [6.45, 7) is 0.804. The average molecular weight is 286 g/mol. The molecule has 3 N–H and O–H groups in total. The number of para-hydroxylation sites is 1. The van der Waals surface area contributed by atoms with Gasteiger partial charge in [0.05, 0.1) is 19.3 Å². The highest BCUT2D eigenvalue weighted by atomic mass is 16.5. The Morgan fingerprint density at radius 1 is 1.38 bits per heavy atom. The van der Waals surface area contributed by atoms with E-state index in [0.29, 0.717) is 0 Å². The van der Waals surface area contributed by atoms with E-state index in [1.165, 1.54) is 7.11 Å². The third kappa shape index (κ3) is 1.68. The Morgan fingerprint density at radius 3 is 3.00 bits per heavy atom. The van der Waals surface area contributed by atoms with Crippen molar-refractivity contribution in [2.75, 3.05) is 13.7 Å². The zero-order valence-corrected chi connectivity index (χ0v) is 11.8. The zero-order chi connectivity index (χ0) is 14.6. The predicted molar refractivity (Wildman–Crippen MR) is 77.9 cm³/mol. The summed E-state index contributed by atoms with van der Waals surface area (Å²) >= 11 is 0. The molecule has 2 heterocycles. The fourth-order valence-corrected chi connectivity index (χ4v) is 3.98. The van der Waals surface area contributed by atoms with Gasteiger partial charge in [-0.15, -0.1) is 0 Å². The number of aromatic amines is 1. The standard InChI is InChI=1S/C16H18N2O3/c1-21-16(20)12-9-6-7-17-14(15(9)19)11-8-4-2-3-5-10(8)18-13(11)12/h2-5,9,12,14-15,17-19H,6-7H2,1H3/t9-,12?,14+,15+/m1/s1. The maximum atomic E-state index is 12.3. The number of hydrogen-bond acceptors (Lipinski definition) is 4. The second kappa shape index (κ2) is 4.58. The van der Waals surface area contributed by atoms with Crippen LogP contribution < -0.4 is 5.32 Å². The fraction of sp³-hybridized carbons (Fsp3) is 0.438. The molecule has 4 atom stereocenters. The highest BCUT2D eigenvalue weighted by molar-refractivity contribution is 5.89. The number of hydrogen-bond donors (Lipinski definition) is 3. The molecule has 0 radical (unpaired) electrons. The van der Waals surface area contributed by atoms with Gasteiger partial charge in [0.1, 0.15) is 5.92 Å². The molecule has 1 fully saturated rings. The van der Waals surface area contributed by atoms with Crippen LogP contribution in [0.15, 0.2) is 24.3 Å². The number of H-pyrrole nitrogens is 1. The lowest BCUT2D eigenvalue weighted by Gasteiger charge is -2.43. The number of carbonyl (C=O) groups is 1. The van der Waals surface area contributed by atoms with Crippen LogP contribution in [-0.4, -0.2) is 35.8 Å². The third-order valence-corrected chi connectivity index (χ3v) is 4.90. The Balaban J connectivity index is 1.99. The van der Waals surface area contributed by atoms with Crippen molar-refractivity contribution >= 4 is 16.9 Å². The van der Waals surface area contributed by atoms with Crippen LogP contribution in [0.5, 0.6) is 0 Å². The van der Waals surface area contributed by atoms with Gasteiger partial charge in [-0.3, -0.25) is 4.79 Å². The minimum absolute atomic E-state index is 0.0933. The summed E-state index contributed by atoms with van der Waals surface area (Å²) in [5.41, 5.74) is 2.91. The van der Waals surface area contributed by atoms with Crippen molar-refractivity contribution < 1.29 is 14.6 Å². The topological polar surface area (TPSA) is 74.4 Å². The van der Waals surface area contributed by atoms with E-state index in [1.807, 2.05) is 24.3 Å². The second-order valence-electron chi connectivity index (χ2n) is 5.87. The van der Waals surface area contributed by atoms with E-state index in [1.54, 1.807) is 0 Å². The molecule has 2 aliphatic rings. The minimum Gasteiger partial charge on any atom is -0.468 e. The predicted octanol–water partition coefficient (Wildman–Crippen LogP) is 1.45. The normalized spacial score (nSPS) is 31.0. The van der Waals surface area contributed by atoms with E-state index in [2.05, 4.69) is 10.3 Å². The maximum absolute atomic E-state index is 12.3. The lowest BCUT2D eigenvalue weighted by molar-refractivity contribution is -0.147. The van der Waals surface area contributed by atoms with E-state index in [-0.39, 0.29) is 17.9 Å². The van der Waals surface area contributed by atoms with Crippen LogP contribution in [0.1, 0.15) is 29.6 Å². The Kier molecular flexibility index (Phi) is 2.80. The van der Waals surface area contributed by atoms with Crippen molar-refractivity contribution in [1.82, 2.24) is 10.3 Å². The number of benzene rings is 1. The maximum Gasteiger partial charge on any atom is 0.315 e. The van der Waals surface area contributed by atoms with Crippen LogP contribution in [0.4, 0.5) is 0 Å². The molecule has 1 saturated heterocycles. The number of aliphatic hydroxyl groups is 1. The van der Waals surface area contributed by atoms with Gasteiger partial charge in [0.15, 0.2) is 0 Å². The first-order valence-electron chi connectivity index (χ1n) is 7.32. The average Bonchev–Trinajstić information content (AvgIpc) is 2.86. The lowest BCUT2D eigenvalue weighted by Crippen LogP contribution is -2.50. The van der Waals surface area contributed by atoms with Crippen LogP contribution in [0.25, 0.3) is 10.9 Å². The molecule has 21 heavy (non-hydrogen) atoms. The van der Waals surface area contributed by atoms with Crippen molar-refractivity contribution in [2.24, 2.45) is 5.92 Å². The zero-order valence-electron chi connectivity index (χ0n) is 11.8. The van der Waals surface area contributed by atoms with Crippen molar-refractivity contribution in [3.8, 4) is 0 Å². The molecule has 0 saturated carbocycles. The fourth-order valence-electron chi connectivity index (χ4n) is 3.98. The summed E-state index contributed by atoms with van der Waals surface area (Å²) in [5.74, 6) is -0.776. The smallest absolute Gasteiger partial charge is 0.315 e. The first-order valence-corrected chi connectivity index (χ1v) is 7.32. The Hall–Kier alpha value is -1.85. The largest absolute Gasteiger partial charge is 0.468 e. The molecule has 110 valence electrons. The SMILES string of the molecule is COC(=O)C1c2[nH]c3ccccc3c2[C@@H]2NCC[C@H]1[C@@H]2O. The van der Waals surface area contributed by atoms with E-state index >= 15 is 0 Å². The molecule has 0 spiro atoms. The van der Waals surface area contributed by atoms with Gasteiger partial charge in [0, 0.05) is 28.1 Å². The summed E-state index contributed by atoms with van der Waals surface area (Å²) in [4.78, 5) is 15.7. The van der Waals surface area contributed by atoms with Gasteiger partial charge in [-0.1, -0.05) is 18.2 Å². The number of fused-ring (bicyclic) bond motifs is 6.